The third-order valence-corrected chi connectivity index (χ3v) is 5.55. The third-order valence-electron chi connectivity index (χ3n) is 5.55. The average molecular weight is 435 g/mol. The smallest absolute Gasteiger partial charge is 0.223 e. The first-order chi connectivity index (χ1) is 14.8. The van der Waals surface area contributed by atoms with E-state index in [2.05, 4.69) is 4.90 Å². The molecule has 0 aliphatic carbocycles. The van der Waals surface area contributed by atoms with Gasteiger partial charge >= 0.3 is 0 Å². The number of hydrogen-bond acceptors (Lipinski definition) is 4. The first kappa shape index (κ1) is 23.2. The number of rotatable bonds is 8. The molecule has 1 aliphatic heterocycles. The Balaban J connectivity index is 1.63. The van der Waals surface area contributed by atoms with Crippen molar-refractivity contribution in [1.82, 2.24) is 9.80 Å². The summed E-state index contributed by atoms with van der Waals surface area (Å²) in [6.45, 7) is 3.31. The van der Waals surface area contributed by atoms with Crippen LogP contribution in [0.5, 0.6) is 0 Å². The molecule has 2 aromatic rings. The van der Waals surface area contributed by atoms with E-state index in [1.54, 1.807) is 11.9 Å². The van der Waals surface area contributed by atoms with Crippen LogP contribution in [0.25, 0.3) is 0 Å². The fourth-order valence-electron chi connectivity index (χ4n) is 3.81. The third kappa shape index (κ3) is 6.29. The molecule has 0 aromatic heterocycles. The van der Waals surface area contributed by atoms with Gasteiger partial charge in [0.1, 0.15) is 5.82 Å². The van der Waals surface area contributed by atoms with E-state index in [1.165, 1.54) is 0 Å². The maximum Gasteiger partial charge on any atom is 0.223 e. The normalized spacial score (nSPS) is 16.7. The lowest BCUT2D eigenvalue weighted by atomic mass is 10.0. The Labute approximate surface area is 180 Å². The SMILES string of the molecule is CN(CC(c1ccccc1)N1CCOCC1)C(=O)CC(N)Cc1cc(F)c(F)cc1F. The summed E-state index contributed by atoms with van der Waals surface area (Å²) < 4.78 is 45.9. The molecule has 0 saturated carbocycles. The maximum absolute atomic E-state index is 13.9. The summed E-state index contributed by atoms with van der Waals surface area (Å²) >= 11 is 0. The topological polar surface area (TPSA) is 58.8 Å². The van der Waals surface area contributed by atoms with Crippen LogP contribution in [-0.2, 0) is 16.0 Å². The number of nitrogens with zero attached hydrogens (tertiary/aromatic N) is 2. The van der Waals surface area contributed by atoms with Crippen LogP contribution in [0.15, 0.2) is 42.5 Å². The Morgan fingerprint density at radius 2 is 1.74 bits per heavy atom. The van der Waals surface area contributed by atoms with Gasteiger partial charge in [0.05, 0.1) is 19.3 Å². The van der Waals surface area contributed by atoms with Crippen LogP contribution >= 0.6 is 0 Å². The van der Waals surface area contributed by atoms with Crippen molar-refractivity contribution in [3.05, 3.63) is 71.0 Å². The Morgan fingerprint density at radius 3 is 2.42 bits per heavy atom. The summed E-state index contributed by atoms with van der Waals surface area (Å²) in [5.74, 6) is -3.44. The van der Waals surface area contributed by atoms with Gasteiger partial charge in [-0.05, 0) is 23.6 Å². The Kier molecular flexibility index (Phi) is 8.06. The summed E-state index contributed by atoms with van der Waals surface area (Å²) in [5.41, 5.74) is 7.09. The summed E-state index contributed by atoms with van der Waals surface area (Å²) in [6, 6.07) is 10.6. The molecule has 1 saturated heterocycles. The zero-order valence-corrected chi connectivity index (χ0v) is 17.6. The molecule has 1 aliphatic rings. The number of amides is 1. The van der Waals surface area contributed by atoms with Crippen molar-refractivity contribution in [2.75, 3.05) is 39.9 Å². The van der Waals surface area contributed by atoms with Gasteiger partial charge in [0, 0.05) is 45.2 Å². The molecular formula is C23H28F3N3O2. The fraction of sp³-hybridized carbons (Fsp3) is 0.435. The number of benzene rings is 2. The maximum atomic E-state index is 13.9. The van der Waals surface area contributed by atoms with Gasteiger partial charge in [0.2, 0.25) is 5.91 Å². The van der Waals surface area contributed by atoms with Crippen LogP contribution in [0.3, 0.4) is 0 Å². The van der Waals surface area contributed by atoms with Crippen molar-refractivity contribution in [3.63, 3.8) is 0 Å². The molecule has 0 bridgehead atoms. The largest absolute Gasteiger partial charge is 0.379 e. The quantitative estimate of drug-likeness (QED) is 0.648. The number of likely N-dealkylation sites (N-methyl/N-ethyl adjacent to an activating group) is 1. The van der Waals surface area contributed by atoms with Gasteiger partial charge in [0.15, 0.2) is 11.6 Å². The minimum atomic E-state index is -1.25. The molecular weight excluding hydrogens is 407 g/mol. The Bertz CT molecular complexity index is 876. The van der Waals surface area contributed by atoms with Crippen LogP contribution in [0.4, 0.5) is 13.2 Å². The van der Waals surface area contributed by atoms with E-state index in [1.807, 2.05) is 30.3 Å². The molecule has 2 unspecified atom stereocenters. The Morgan fingerprint density at radius 1 is 1.10 bits per heavy atom. The van der Waals surface area contributed by atoms with Crippen molar-refractivity contribution < 1.29 is 22.7 Å². The predicted molar refractivity (Wildman–Crippen MR) is 112 cm³/mol. The number of carbonyl (C=O) groups is 1. The van der Waals surface area contributed by atoms with Crippen LogP contribution in [0.1, 0.15) is 23.6 Å². The van der Waals surface area contributed by atoms with E-state index in [4.69, 9.17) is 10.5 Å². The Hall–Kier alpha value is -2.42. The van der Waals surface area contributed by atoms with Crippen LogP contribution < -0.4 is 5.73 Å². The van der Waals surface area contributed by atoms with Crippen LogP contribution in [0.2, 0.25) is 0 Å². The highest BCUT2D eigenvalue weighted by atomic mass is 19.2. The molecule has 0 radical (unpaired) electrons. The van der Waals surface area contributed by atoms with E-state index >= 15 is 0 Å². The monoisotopic (exact) mass is 435 g/mol. The van der Waals surface area contributed by atoms with Crippen molar-refractivity contribution in [3.8, 4) is 0 Å². The molecule has 2 atom stereocenters. The van der Waals surface area contributed by atoms with Crippen molar-refractivity contribution in [2.45, 2.75) is 24.9 Å². The average Bonchev–Trinajstić information content (AvgIpc) is 2.76. The molecule has 2 aromatic carbocycles. The van der Waals surface area contributed by atoms with Gasteiger partial charge in [-0.1, -0.05) is 30.3 Å². The lowest BCUT2D eigenvalue weighted by Crippen LogP contribution is -2.45. The lowest BCUT2D eigenvalue weighted by molar-refractivity contribution is -0.131. The first-order valence-electron chi connectivity index (χ1n) is 10.3. The molecule has 8 heteroatoms. The van der Waals surface area contributed by atoms with Gasteiger partial charge in [-0.3, -0.25) is 9.69 Å². The van der Waals surface area contributed by atoms with E-state index in [9.17, 15) is 18.0 Å². The zero-order valence-electron chi connectivity index (χ0n) is 17.6. The lowest BCUT2D eigenvalue weighted by Gasteiger charge is -2.37. The van der Waals surface area contributed by atoms with Crippen molar-refractivity contribution >= 4 is 5.91 Å². The number of halogens is 3. The molecule has 1 amide bonds. The summed E-state index contributed by atoms with van der Waals surface area (Å²) in [4.78, 5) is 16.7. The highest BCUT2D eigenvalue weighted by molar-refractivity contribution is 5.76. The summed E-state index contributed by atoms with van der Waals surface area (Å²) in [5, 5.41) is 0. The van der Waals surface area contributed by atoms with Crippen LogP contribution in [0, 0.1) is 17.5 Å². The molecule has 0 spiro atoms. The molecule has 3 rings (SSSR count). The van der Waals surface area contributed by atoms with Gasteiger partial charge in [-0.2, -0.15) is 0 Å². The van der Waals surface area contributed by atoms with Crippen LogP contribution in [-0.4, -0.2) is 61.6 Å². The number of hydrogen-bond donors (Lipinski definition) is 1. The van der Waals surface area contributed by atoms with Crippen molar-refractivity contribution in [2.24, 2.45) is 5.73 Å². The molecule has 1 heterocycles. The molecule has 2 N–H and O–H groups in total. The number of ether oxygens (including phenoxy) is 1. The summed E-state index contributed by atoms with van der Waals surface area (Å²) in [7, 11) is 1.71. The second-order valence-corrected chi connectivity index (χ2v) is 7.88. The minimum absolute atomic E-state index is 0.0129. The number of carbonyl (C=O) groups excluding carboxylic acids is 1. The second kappa shape index (κ2) is 10.7. The minimum Gasteiger partial charge on any atom is -0.379 e. The molecule has 5 nitrogen and oxygen atoms in total. The molecule has 1 fully saturated rings. The number of nitrogens with two attached hydrogens (primary N) is 1. The summed E-state index contributed by atoms with van der Waals surface area (Å²) in [6.07, 6.45) is -0.0895. The first-order valence-corrected chi connectivity index (χ1v) is 10.3. The van der Waals surface area contributed by atoms with Crippen molar-refractivity contribution in [1.29, 1.82) is 0 Å². The van der Waals surface area contributed by atoms with E-state index in [0.29, 0.717) is 25.8 Å². The van der Waals surface area contributed by atoms with Gasteiger partial charge in [0.25, 0.3) is 0 Å². The van der Waals surface area contributed by atoms with Gasteiger partial charge < -0.3 is 15.4 Å². The van der Waals surface area contributed by atoms with E-state index in [0.717, 1.165) is 24.7 Å². The van der Waals surface area contributed by atoms with Gasteiger partial charge in [-0.25, -0.2) is 13.2 Å². The van der Waals surface area contributed by atoms with E-state index < -0.39 is 23.5 Å². The predicted octanol–water partition coefficient (Wildman–Crippen LogP) is 2.90. The highest BCUT2D eigenvalue weighted by Crippen LogP contribution is 2.23. The highest BCUT2D eigenvalue weighted by Gasteiger charge is 2.26. The molecule has 168 valence electrons. The van der Waals surface area contributed by atoms with E-state index in [-0.39, 0.29) is 30.4 Å². The van der Waals surface area contributed by atoms with Gasteiger partial charge in [-0.15, -0.1) is 0 Å². The number of morpholine rings is 1. The zero-order chi connectivity index (χ0) is 22.4. The fourth-order valence-corrected chi connectivity index (χ4v) is 3.81. The standard InChI is InChI=1S/C23H28F3N3O2/c1-28(15-22(16-5-3-2-4-6-16)29-7-9-31-10-8-29)23(30)13-18(27)11-17-12-20(25)21(26)14-19(17)24/h2-6,12,14,18,22H,7-11,13,15,27H2,1H3. The second-order valence-electron chi connectivity index (χ2n) is 7.88. The molecule has 31 heavy (non-hydrogen) atoms.